The summed E-state index contributed by atoms with van der Waals surface area (Å²) in [6.07, 6.45) is 3.98. The number of nitrogens with two attached hydrogens (primary N) is 1. The van der Waals surface area contributed by atoms with Gasteiger partial charge in [0.05, 0.1) is 6.04 Å². The predicted octanol–water partition coefficient (Wildman–Crippen LogP) is 1.84. The van der Waals surface area contributed by atoms with Crippen LogP contribution in [-0.4, -0.2) is 14.6 Å². The summed E-state index contributed by atoms with van der Waals surface area (Å²) in [5.74, 6) is 0.854. The normalized spacial score (nSPS) is 13.3. The highest BCUT2D eigenvalue weighted by Gasteiger charge is 2.12. The molecule has 0 amide bonds. The predicted molar refractivity (Wildman–Crippen MR) is 59.6 cm³/mol. The summed E-state index contributed by atoms with van der Waals surface area (Å²) >= 11 is 0. The number of pyridine rings is 1. The average molecular weight is 204 g/mol. The first kappa shape index (κ1) is 10.1. The first-order valence-electron chi connectivity index (χ1n) is 5.29. The fraction of sp³-hybridized carbons (Fsp3) is 0.455. The zero-order valence-corrected chi connectivity index (χ0v) is 9.14. The van der Waals surface area contributed by atoms with Crippen LogP contribution in [0.5, 0.6) is 0 Å². The Morgan fingerprint density at radius 3 is 3.00 bits per heavy atom. The monoisotopic (exact) mass is 204 g/mol. The van der Waals surface area contributed by atoms with Crippen molar-refractivity contribution in [2.45, 2.75) is 32.7 Å². The molecule has 80 valence electrons. The maximum Gasteiger partial charge on any atom is 0.161 e. The van der Waals surface area contributed by atoms with E-state index in [0.29, 0.717) is 0 Å². The second-order valence-corrected chi connectivity index (χ2v) is 3.89. The fourth-order valence-corrected chi connectivity index (χ4v) is 1.70. The van der Waals surface area contributed by atoms with Gasteiger partial charge in [-0.25, -0.2) is 0 Å². The van der Waals surface area contributed by atoms with Crippen molar-refractivity contribution in [1.29, 1.82) is 0 Å². The van der Waals surface area contributed by atoms with Crippen molar-refractivity contribution in [3.05, 3.63) is 29.7 Å². The van der Waals surface area contributed by atoms with Crippen LogP contribution in [0.2, 0.25) is 0 Å². The molecule has 0 aliphatic heterocycles. The summed E-state index contributed by atoms with van der Waals surface area (Å²) < 4.78 is 1.97. The van der Waals surface area contributed by atoms with E-state index in [1.165, 1.54) is 5.56 Å². The third-order valence-corrected chi connectivity index (χ3v) is 2.52. The molecule has 0 bridgehead atoms. The van der Waals surface area contributed by atoms with Crippen molar-refractivity contribution in [1.82, 2.24) is 14.6 Å². The maximum atomic E-state index is 6.03. The Labute approximate surface area is 89.1 Å². The lowest BCUT2D eigenvalue weighted by atomic mass is 10.2. The summed E-state index contributed by atoms with van der Waals surface area (Å²) in [5, 5.41) is 8.26. The fourth-order valence-electron chi connectivity index (χ4n) is 1.70. The summed E-state index contributed by atoms with van der Waals surface area (Å²) in [6.45, 7) is 4.16. The van der Waals surface area contributed by atoms with Crippen LogP contribution in [0.25, 0.3) is 5.65 Å². The van der Waals surface area contributed by atoms with Gasteiger partial charge in [-0.1, -0.05) is 13.3 Å². The van der Waals surface area contributed by atoms with Crippen LogP contribution in [0.3, 0.4) is 0 Å². The molecule has 2 heterocycles. The van der Waals surface area contributed by atoms with Gasteiger partial charge in [0.1, 0.15) is 0 Å². The molecule has 4 nitrogen and oxygen atoms in total. The largest absolute Gasteiger partial charge is 0.321 e. The Hall–Kier alpha value is -1.42. The molecule has 0 aliphatic rings. The summed E-state index contributed by atoms with van der Waals surface area (Å²) in [6, 6.07) is 4.03. The Balaban J connectivity index is 2.44. The number of nitrogens with zero attached hydrogens (tertiary/aromatic N) is 3. The van der Waals surface area contributed by atoms with Crippen molar-refractivity contribution < 1.29 is 0 Å². The van der Waals surface area contributed by atoms with Gasteiger partial charge in [-0.2, -0.15) is 0 Å². The van der Waals surface area contributed by atoms with Gasteiger partial charge in [0.2, 0.25) is 0 Å². The second-order valence-electron chi connectivity index (χ2n) is 3.89. The zero-order valence-electron chi connectivity index (χ0n) is 9.14. The maximum absolute atomic E-state index is 6.03. The molecule has 0 fully saturated rings. The minimum atomic E-state index is -0.0206. The van der Waals surface area contributed by atoms with E-state index in [-0.39, 0.29) is 6.04 Å². The van der Waals surface area contributed by atoms with Gasteiger partial charge in [0, 0.05) is 6.20 Å². The standard InChI is InChI=1S/C11H16N4/c1-3-4-9(12)11-14-13-10-7-8(2)5-6-15(10)11/h5-7,9H,3-4,12H2,1-2H3. The van der Waals surface area contributed by atoms with Crippen molar-refractivity contribution >= 4 is 5.65 Å². The molecule has 0 radical (unpaired) electrons. The number of rotatable bonds is 3. The SMILES string of the molecule is CCCC(N)c1nnc2cc(C)ccn12. The van der Waals surface area contributed by atoms with Crippen LogP contribution in [0.4, 0.5) is 0 Å². The van der Waals surface area contributed by atoms with Gasteiger partial charge in [0.25, 0.3) is 0 Å². The number of aryl methyl sites for hydroxylation is 1. The van der Waals surface area contributed by atoms with Gasteiger partial charge in [-0.05, 0) is 31.0 Å². The number of aromatic nitrogens is 3. The van der Waals surface area contributed by atoms with Crippen LogP contribution >= 0.6 is 0 Å². The van der Waals surface area contributed by atoms with Crippen LogP contribution in [0, 0.1) is 6.92 Å². The Morgan fingerprint density at radius 2 is 2.27 bits per heavy atom. The minimum Gasteiger partial charge on any atom is -0.321 e. The molecular formula is C11H16N4. The highest BCUT2D eigenvalue weighted by molar-refractivity contribution is 5.41. The smallest absolute Gasteiger partial charge is 0.161 e. The van der Waals surface area contributed by atoms with E-state index in [1.807, 2.05) is 29.7 Å². The molecule has 0 aromatic carbocycles. The van der Waals surface area contributed by atoms with Gasteiger partial charge < -0.3 is 5.73 Å². The molecule has 1 atom stereocenters. The molecule has 0 aliphatic carbocycles. The Morgan fingerprint density at radius 1 is 1.47 bits per heavy atom. The van der Waals surface area contributed by atoms with E-state index in [4.69, 9.17) is 5.73 Å². The molecule has 0 saturated carbocycles. The van der Waals surface area contributed by atoms with Crippen molar-refractivity contribution in [2.24, 2.45) is 5.73 Å². The van der Waals surface area contributed by atoms with E-state index in [2.05, 4.69) is 17.1 Å². The van der Waals surface area contributed by atoms with Crippen LogP contribution in [0.15, 0.2) is 18.3 Å². The van der Waals surface area contributed by atoms with Gasteiger partial charge >= 0.3 is 0 Å². The topological polar surface area (TPSA) is 56.2 Å². The zero-order chi connectivity index (χ0) is 10.8. The Kier molecular flexibility index (Phi) is 2.68. The first-order valence-corrected chi connectivity index (χ1v) is 5.29. The summed E-state index contributed by atoms with van der Waals surface area (Å²) in [7, 11) is 0. The minimum absolute atomic E-state index is 0.0206. The molecular weight excluding hydrogens is 188 g/mol. The van der Waals surface area contributed by atoms with Gasteiger partial charge in [-0.15, -0.1) is 10.2 Å². The van der Waals surface area contributed by atoms with E-state index in [1.54, 1.807) is 0 Å². The summed E-state index contributed by atoms with van der Waals surface area (Å²) in [4.78, 5) is 0. The molecule has 2 N–H and O–H groups in total. The van der Waals surface area contributed by atoms with Crippen molar-refractivity contribution in [3.63, 3.8) is 0 Å². The number of fused-ring (bicyclic) bond motifs is 1. The van der Waals surface area contributed by atoms with Crippen LogP contribution in [-0.2, 0) is 0 Å². The van der Waals surface area contributed by atoms with Gasteiger partial charge in [0.15, 0.2) is 11.5 Å². The highest BCUT2D eigenvalue weighted by atomic mass is 15.3. The lowest BCUT2D eigenvalue weighted by molar-refractivity contribution is 0.596. The molecule has 2 aromatic rings. The highest BCUT2D eigenvalue weighted by Crippen LogP contribution is 2.15. The Bertz CT molecular complexity index is 461. The van der Waals surface area contributed by atoms with E-state index < -0.39 is 0 Å². The van der Waals surface area contributed by atoms with Crippen LogP contribution in [0.1, 0.15) is 37.2 Å². The molecule has 0 spiro atoms. The van der Waals surface area contributed by atoms with E-state index >= 15 is 0 Å². The summed E-state index contributed by atoms with van der Waals surface area (Å²) in [5.41, 5.74) is 8.09. The quantitative estimate of drug-likeness (QED) is 0.830. The van der Waals surface area contributed by atoms with Crippen LogP contribution < -0.4 is 5.73 Å². The number of hydrogen-bond donors (Lipinski definition) is 1. The van der Waals surface area contributed by atoms with E-state index in [9.17, 15) is 0 Å². The average Bonchev–Trinajstić information content (AvgIpc) is 2.60. The lowest BCUT2D eigenvalue weighted by Crippen LogP contribution is -2.13. The molecule has 4 heteroatoms. The molecule has 2 rings (SSSR count). The molecule has 1 unspecified atom stereocenters. The number of hydrogen-bond acceptors (Lipinski definition) is 3. The third kappa shape index (κ3) is 1.85. The second kappa shape index (κ2) is 3.98. The molecule has 2 aromatic heterocycles. The third-order valence-electron chi connectivity index (χ3n) is 2.52. The molecule has 0 saturated heterocycles. The van der Waals surface area contributed by atoms with E-state index in [0.717, 1.165) is 24.3 Å². The van der Waals surface area contributed by atoms with Crippen molar-refractivity contribution in [3.8, 4) is 0 Å². The molecule has 15 heavy (non-hydrogen) atoms. The van der Waals surface area contributed by atoms with Gasteiger partial charge in [-0.3, -0.25) is 4.40 Å². The first-order chi connectivity index (χ1) is 7.22. The lowest BCUT2D eigenvalue weighted by Gasteiger charge is -2.07. The van der Waals surface area contributed by atoms with Crippen molar-refractivity contribution in [2.75, 3.05) is 0 Å².